The molecule has 1 saturated carbocycles. The number of amides is 1. The Balaban J connectivity index is 1.81. The van der Waals surface area contributed by atoms with E-state index in [9.17, 15) is 4.79 Å². The van der Waals surface area contributed by atoms with Crippen molar-refractivity contribution in [2.45, 2.75) is 45.6 Å². The van der Waals surface area contributed by atoms with Crippen LogP contribution in [0.15, 0.2) is 0 Å². The van der Waals surface area contributed by atoms with Crippen molar-refractivity contribution in [1.29, 1.82) is 0 Å². The minimum absolute atomic E-state index is 0.229. The summed E-state index contributed by atoms with van der Waals surface area (Å²) in [7, 11) is 0. The van der Waals surface area contributed by atoms with E-state index in [1.807, 2.05) is 0 Å². The minimum atomic E-state index is 0.229. The van der Waals surface area contributed by atoms with E-state index in [-0.39, 0.29) is 5.92 Å². The average Bonchev–Trinajstić information content (AvgIpc) is 2.42. The summed E-state index contributed by atoms with van der Waals surface area (Å²) < 4.78 is 0. The fourth-order valence-electron chi connectivity index (χ4n) is 3.41. The van der Waals surface area contributed by atoms with Crippen LogP contribution in [0.25, 0.3) is 0 Å². The number of carbonyl (C=O) groups is 1. The Bertz CT molecular complexity index is 300. The monoisotopic (exact) mass is 267 g/mol. The maximum Gasteiger partial charge on any atom is 0.225 e. The maximum atomic E-state index is 12.5. The first-order valence-electron chi connectivity index (χ1n) is 7.88. The Kier molecular flexibility index (Phi) is 5.22. The normalized spacial score (nSPS) is 33.4. The lowest BCUT2D eigenvalue weighted by atomic mass is 9.78. The van der Waals surface area contributed by atoms with Gasteiger partial charge in [0.05, 0.1) is 0 Å². The fraction of sp³-hybridized carbons (Fsp3) is 0.933. The summed E-state index contributed by atoms with van der Waals surface area (Å²) in [5.41, 5.74) is 6.04. The van der Waals surface area contributed by atoms with E-state index in [1.165, 1.54) is 6.42 Å². The molecule has 19 heavy (non-hydrogen) atoms. The number of rotatable bonds is 3. The van der Waals surface area contributed by atoms with Gasteiger partial charge in [0, 0.05) is 38.1 Å². The van der Waals surface area contributed by atoms with Crippen LogP contribution in [0.2, 0.25) is 0 Å². The van der Waals surface area contributed by atoms with Crippen LogP contribution < -0.4 is 5.73 Å². The highest BCUT2D eigenvalue weighted by molar-refractivity contribution is 5.79. The van der Waals surface area contributed by atoms with Crippen molar-refractivity contribution in [3.8, 4) is 0 Å². The summed E-state index contributed by atoms with van der Waals surface area (Å²) in [6, 6.07) is 0.297. The summed E-state index contributed by atoms with van der Waals surface area (Å²) in [6.45, 7) is 9.47. The number of carbonyl (C=O) groups excluding carboxylic acids is 1. The van der Waals surface area contributed by atoms with E-state index in [2.05, 4.69) is 23.6 Å². The van der Waals surface area contributed by atoms with Crippen LogP contribution in [-0.2, 0) is 4.79 Å². The number of nitrogens with zero attached hydrogens (tertiary/aromatic N) is 2. The second kappa shape index (κ2) is 6.71. The molecule has 1 amide bonds. The van der Waals surface area contributed by atoms with Crippen molar-refractivity contribution < 1.29 is 4.79 Å². The Morgan fingerprint density at radius 3 is 2.47 bits per heavy atom. The number of piperazine rings is 1. The average molecular weight is 267 g/mol. The largest absolute Gasteiger partial charge is 0.340 e. The lowest BCUT2D eigenvalue weighted by Gasteiger charge is -2.38. The molecule has 1 aliphatic carbocycles. The van der Waals surface area contributed by atoms with E-state index >= 15 is 0 Å². The Labute approximate surface area is 117 Å². The van der Waals surface area contributed by atoms with E-state index in [4.69, 9.17) is 5.73 Å². The number of hydrogen-bond donors (Lipinski definition) is 1. The zero-order chi connectivity index (χ0) is 13.8. The molecule has 2 N–H and O–H groups in total. The molecule has 3 atom stereocenters. The molecule has 3 unspecified atom stereocenters. The van der Waals surface area contributed by atoms with Gasteiger partial charge in [-0.3, -0.25) is 9.69 Å². The van der Waals surface area contributed by atoms with Gasteiger partial charge in [-0.1, -0.05) is 13.8 Å². The van der Waals surface area contributed by atoms with Gasteiger partial charge in [-0.25, -0.2) is 0 Å². The fourth-order valence-corrected chi connectivity index (χ4v) is 3.41. The highest BCUT2D eigenvalue weighted by Crippen LogP contribution is 2.29. The van der Waals surface area contributed by atoms with Crippen LogP contribution in [0.5, 0.6) is 0 Å². The van der Waals surface area contributed by atoms with Gasteiger partial charge in [0.1, 0.15) is 0 Å². The van der Waals surface area contributed by atoms with Gasteiger partial charge in [-0.15, -0.1) is 0 Å². The molecule has 2 aliphatic rings. The molecule has 2 rings (SSSR count). The lowest BCUT2D eigenvalue weighted by Crippen LogP contribution is -2.51. The van der Waals surface area contributed by atoms with Crippen molar-refractivity contribution in [1.82, 2.24) is 9.80 Å². The van der Waals surface area contributed by atoms with E-state index < -0.39 is 0 Å². The summed E-state index contributed by atoms with van der Waals surface area (Å²) in [6.07, 6.45) is 4.17. The quantitative estimate of drug-likeness (QED) is 0.838. The van der Waals surface area contributed by atoms with Crippen LogP contribution in [0, 0.1) is 11.8 Å². The van der Waals surface area contributed by atoms with Crippen molar-refractivity contribution in [2.24, 2.45) is 17.6 Å². The molecule has 0 radical (unpaired) electrons. The van der Waals surface area contributed by atoms with Crippen molar-refractivity contribution in [3.05, 3.63) is 0 Å². The summed E-state index contributed by atoms with van der Waals surface area (Å²) >= 11 is 0. The van der Waals surface area contributed by atoms with Crippen molar-refractivity contribution in [3.63, 3.8) is 0 Å². The third-order valence-corrected chi connectivity index (χ3v) is 4.81. The third kappa shape index (κ3) is 3.69. The van der Waals surface area contributed by atoms with E-state index in [0.29, 0.717) is 17.9 Å². The second-order valence-electron chi connectivity index (χ2n) is 6.32. The predicted octanol–water partition coefficient (Wildman–Crippen LogP) is 1.30. The van der Waals surface area contributed by atoms with Gasteiger partial charge >= 0.3 is 0 Å². The van der Waals surface area contributed by atoms with Crippen molar-refractivity contribution >= 4 is 5.91 Å². The molecular formula is C15H29N3O. The molecule has 0 aromatic heterocycles. The Morgan fingerprint density at radius 1 is 1.21 bits per heavy atom. The maximum absolute atomic E-state index is 12.5. The predicted molar refractivity (Wildman–Crippen MR) is 77.8 cm³/mol. The van der Waals surface area contributed by atoms with Gasteiger partial charge in [0.2, 0.25) is 5.91 Å². The molecule has 0 bridgehead atoms. The zero-order valence-electron chi connectivity index (χ0n) is 12.5. The smallest absolute Gasteiger partial charge is 0.225 e. The molecule has 1 aliphatic heterocycles. The molecule has 4 heteroatoms. The van der Waals surface area contributed by atoms with Gasteiger partial charge < -0.3 is 10.6 Å². The standard InChI is InChI=1S/C15H29N3O/c1-3-6-17-7-9-18(10-8-17)15(19)13-4-5-14(16)12(2)11-13/h12-14H,3-11,16H2,1-2H3. The summed E-state index contributed by atoms with van der Waals surface area (Å²) in [4.78, 5) is 17.1. The molecular weight excluding hydrogens is 238 g/mol. The first-order chi connectivity index (χ1) is 9.11. The molecule has 0 spiro atoms. The summed E-state index contributed by atoms with van der Waals surface area (Å²) in [5.74, 6) is 1.10. The summed E-state index contributed by atoms with van der Waals surface area (Å²) in [5, 5.41) is 0. The molecule has 1 saturated heterocycles. The van der Waals surface area contributed by atoms with Crippen LogP contribution in [-0.4, -0.2) is 54.5 Å². The highest BCUT2D eigenvalue weighted by atomic mass is 16.2. The third-order valence-electron chi connectivity index (χ3n) is 4.81. The Morgan fingerprint density at radius 2 is 1.89 bits per heavy atom. The van der Waals surface area contributed by atoms with Gasteiger partial charge in [-0.05, 0) is 38.1 Å². The number of nitrogens with two attached hydrogens (primary N) is 1. The zero-order valence-corrected chi connectivity index (χ0v) is 12.5. The van der Waals surface area contributed by atoms with Crippen LogP contribution in [0.3, 0.4) is 0 Å². The first kappa shape index (κ1) is 14.8. The van der Waals surface area contributed by atoms with E-state index in [0.717, 1.165) is 52.0 Å². The topological polar surface area (TPSA) is 49.6 Å². The molecule has 110 valence electrons. The molecule has 0 aromatic carbocycles. The SMILES string of the molecule is CCCN1CCN(C(=O)C2CCC(N)C(C)C2)CC1. The van der Waals surface area contributed by atoms with Crippen molar-refractivity contribution in [2.75, 3.05) is 32.7 Å². The molecule has 2 fully saturated rings. The number of hydrogen-bond acceptors (Lipinski definition) is 3. The van der Waals surface area contributed by atoms with E-state index in [1.54, 1.807) is 0 Å². The second-order valence-corrected chi connectivity index (χ2v) is 6.32. The minimum Gasteiger partial charge on any atom is -0.340 e. The van der Waals surface area contributed by atoms with Gasteiger partial charge in [0.25, 0.3) is 0 Å². The molecule has 1 heterocycles. The first-order valence-corrected chi connectivity index (χ1v) is 7.88. The molecule has 4 nitrogen and oxygen atoms in total. The lowest BCUT2D eigenvalue weighted by molar-refractivity contribution is -0.139. The molecule has 0 aromatic rings. The highest BCUT2D eigenvalue weighted by Gasteiger charge is 2.33. The van der Waals surface area contributed by atoms with Gasteiger partial charge in [0.15, 0.2) is 0 Å². The van der Waals surface area contributed by atoms with Crippen LogP contribution >= 0.6 is 0 Å². The van der Waals surface area contributed by atoms with Crippen LogP contribution in [0.4, 0.5) is 0 Å². The van der Waals surface area contributed by atoms with Crippen LogP contribution in [0.1, 0.15) is 39.5 Å². The van der Waals surface area contributed by atoms with Gasteiger partial charge in [-0.2, -0.15) is 0 Å². The Hall–Kier alpha value is -0.610.